The van der Waals surface area contributed by atoms with Crippen molar-refractivity contribution in [1.82, 2.24) is 14.8 Å². The van der Waals surface area contributed by atoms with Crippen molar-refractivity contribution >= 4 is 17.8 Å². The number of carboxylic acids is 1. The second-order valence-electron chi connectivity index (χ2n) is 10.0. The van der Waals surface area contributed by atoms with Gasteiger partial charge in [-0.25, -0.2) is 0 Å². The van der Waals surface area contributed by atoms with E-state index in [1.807, 2.05) is 73.7 Å². The second-order valence-corrected chi connectivity index (χ2v) is 10.0. The molecule has 1 N–H and O–H groups in total. The Hall–Kier alpha value is -4.98. The molecule has 0 spiro atoms. The fraction of sp³-hybridized carbons (Fsp3) is 0.235. The molecule has 1 aromatic heterocycles. The molecule has 42 heavy (non-hydrogen) atoms. The van der Waals surface area contributed by atoms with Gasteiger partial charge in [0, 0.05) is 37.0 Å². The number of nitrogens with zero attached hydrogens (tertiary/aromatic N) is 3. The molecule has 0 aliphatic carbocycles. The maximum Gasteiger partial charge on any atom is 0.305 e. The number of carbonyl (C=O) groups excluding carboxylic acids is 2. The Kier molecular flexibility index (Phi) is 10.1. The molecule has 0 unspecified atom stereocenters. The molecule has 2 amide bonds. The quantitative estimate of drug-likeness (QED) is 0.244. The molecule has 0 aliphatic rings. The minimum atomic E-state index is -0.986. The number of hydrogen-bond donors (Lipinski definition) is 1. The fourth-order valence-corrected chi connectivity index (χ4v) is 4.90. The number of hydrogen-bond acceptors (Lipinski definition) is 5. The van der Waals surface area contributed by atoms with Crippen LogP contribution in [0.25, 0.3) is 11.1 Å². The number of pyridine rings is 1. The monoisotopic (exact) mass is 565 g/mol. The summed E-state index contributed by atoms with van der Waals surface area (Å²) in [5.41, 5.74) is 4.65. The molecule has 4 rings (SSSR count). The number of amides is 2. The van der Waals surface area contributed by atoms with E-state index in [1.54, 1.807) is 48.2 Å². The van der Waals surface area contributed by atoms with Crippen LogP contribution in [0.5, 0.6) is 5.75 Å². The van der Waals surface area contributed by atoms with Gasteiger partial charge in [-0.1, -0.05) is 60.7 Å². The Morgan fingerprint density at radius 2 is 1.40 bits per heavy atom. The van der Waals surface area contributed by atoms with Crippen LogP contribution in [0.15, 0.2) is 91.0 Å². The summed E-state index contributed by atoms with van der Waals surface area (Å²) in [4.78, 5) is 46.8. The van der Waals surface area contributed by atoms with Crippen molar-refractivity contribution in [3.8, 4) is 16.9 Å². The lowest BCUT2D eigenvalue weighted by molar-refractivity contribution is -0.137. The predicted octanol–water partition coefficient (Wildman–Crippen LogP) is 5.50. The molecular weight excluding hydrogens is 530 g/mol. The van der Waals surface area contributed by atoms with Crippen molar-refractivity contribution in [2.24, 2.45) is 0 Å². The summed E-state index contributed by atoms with van der Waals surface area (Å²) >= 11 is 0. The summed E-state index contributed by atoms with van der Waals surface area (Å²) in [5, 5.41) is 9.38. The van der Waals surface area contributed by atoms with Gasteiger partial charge in [0.1, 0.15) is 5.75 Å². The van der Waals surface area contributed by atoms with Crippen LogP contribution in [-0.4, -0.2) is 64.9 Å². The smallest absolute Gasteiger partial charge is 0.305 e. The fourth-order valence-electron chi connectivity index (χ4n) is 4.90. The molecule has 0 saturated carbocycles. The zero-order valence-corrected chi connectivity index (χ0v) is 24.1. The minimum absolute atomic E-state index is 0.0461. The molecule has 0 bridgehead atoms. The topological polar surface area (TPSA) is 100 Å². The first-order chi connectivity index (χ1) is 20.3. The van der Waals surface area contributed by atoms with Crippen molar-refractivity contribution in [1.29, 1.82) is 0 Å². The number of ether oxygens (including phenoxy) is 1. The highest BCUT2D eigenvalue weighted by Crippen LogP contribution is 2.29. The maximum atomic E-state index is 14.0. The van der Waals surface area contributed by atoms with E-state index < -0.39 is 5.97 Å². The van der Waals surface area contributed by atoms with Crippen LogP contribution in [0, 0.1) is 6.92 Å². The predicted molar refractivity (Wildman–Crippen MR) is 162 cm³/mol. The van der Waals surface area contributed by atoms with Crippen LogP contribution in [0.3, 0.4) is 0 Å². The zero-order chi connectivity index (χ0) is 30.1. The Labute approximate surface area is 246 Å². The second kappa shape index (κ2) is 14.1. The van der Waals surface area contributed by atoms with E-state index >= 15 is 0 Å². The van der Waals surface area contributed by atoms with E-state index in [0.717, 1.165) is 17.0 Å². The van der Waals surface area contributed by atoms with Gasteiger partial charge in [0.2, 0.25) is 0 Å². The highest BCUT2D eigenvalue weighted by Gasteiger charge is 2.24. The third kappa shape index (κ3) is 7.40. The van der Waals surface area contributed by atoms with Gasteiger partial charge in [-0.15, -0.1) is 0 Å². The summed E-state index contributed by atoms with van der Waals surface area (Å²) in [5.74, 6) is -0.780. The van der Waals surface area contributed by atoms with Gasteiger partial charge >= 0.3 is 5.97 Å². The molecule has 0 aliphatic heterocycles. The van der Waals surface area contributed by atoms with E-state index in [9.17, 15) is 19.5 Å². The summed E-state index contributed by atoms with van der Waals surface area (Å²) in [6.07, 6.45) is 0.303. The van der Waals surface area contributed by atoms with Crippen LogP contribution in [0.1, 0.15) is 44.1 Å². The van der Waals surface area contributed by atoms with Gasteiger partial charge in [-0.05, 0) is 60.4 Å². The summed E-state index contributed by atoms with van der Waals surface area (Å²) in [7, 11) is 3.32. The van der Waals surface area contributed by atoms with Crippen molar-refractivity contribution in [3.05, 3.63) is 119 Å². The minimum Gasteiger partial charge on any atom is -0.496 e. The van der Waals surface area contributed by atoms with Gasteiger partial charge in [-0.2, -0.15) is 0 Å². The lowest BCUT2D eigenvalue weighted by atomic mass is 9.94. The van der Waals surface area contributed by atoms with Gasteiger partial charge in [0.05, 0.1) is 25.8 Å². The van der Waals surface area contributed by atoms with E-state index in [-0.39, 0.29) is 24.8 Å². The molecule has 3 aromatic carbocycles. The largest absolute Gasteiger partial charge is 0.496 e. The number of aryl methyl sites for hydroxylation is 1. The molecule has 8 heteroatoms. The van der Waals surface area contributed by atoms with Crippen molar-refractivity contribution in [2.75, 3.05) is 27.2 Å². The number of aromatic nitrogens is 1. The lowest BCUT2D eigenvalue weighted by Gasteiger charge is -2.25. The van der Waals surface area contributed by atoms with Crippen molar-refractivity contribution in [2.45, 2.75) is 26.3 Å². The van der Waals surface area contributed by atoms with Gasteiger partial charge in [-0.3, -0.25) is 19.4 Å². The number of benzene rings is 3. The zero-order valence-electron chi connectivity index (χ0n) is 24.1. The normalized spacial score (nSPS) is 10.6. The lowest BCUT2D eigenvalue weighted by Crippen LogP contribution is -2.35. The van der Waals surface area contributed by atoms with Crippen molar-refractivity contribution in [3.63, 3.8) is 0 Å². The van der Waals surface area contributed by atoms with Crippen molar-refractivity contribution < 1.29 is 24.2 Å². The first-order valence-corrected chi connectivity index (χ1v) is 13.8. The number of rotatable bonds is 12. The van der Waals surface area contributed by atoms with Crippen LogP contribution >= 0.6 is 0 Å². The van der Waals surface area contributed by atoms with E-state index in [0.29, 0.717) is 47.5 Å². The van der Waals surface area contributed by atoms with Crippen LogP contribution < -0.4 is 4.74 Å². The summed E-state index contributed by atoms with van der Waals surface area (Å²) < 4.78 is 5.46. The molecule has 0 fully saturated rings. The van der Waals surface area contributed by atoms with E-state index in [2.05, 4.69) is 4.98 Å². The first-order valence-electron chi connectivity index (χ1n) is 13.8. The molecule has 0 saturated heterocycles. The molecule has 8 nitrogen and oxygen atoms in total. The average molecular weight is 566 g/mol. The van der Waals surface area contributed by atoms with E-state index in [4.69, 9.17) is 4.74 Å². The average Bonchev–Trinajstić information content (AvgIpc) is 3.00. The Bertz CT molecular complexity index is 1570. The standard InChI is InChI=1S/C34H35N3O5/c1-24-11-10-13-26(35-24)23-36(2)33(40)29-16-7-5-14-27(29)28-15-6-8-17-30(28)34(41)37(22-20-32(38)39)21-19-25-12-4-9-18-31(25)42-3/h4-18H,19-23H2,1-3H3,(H,38,39). The summed E-state index contributed by atoms with van der Waals surface area (Å²) in [6.45, 7) is 2.59. The van der Waals surface area contributed by atoms with Crippen LogP contribution in [0.2, 0.25) is 0 Å². The molecule has 1 heterocycles. The Morgan fingerprint density at radius 3 is 2.05 bits per heavy atom. The van der Waals surface area contributed by atoms with Gasteiger partial charge < -0.3 is 19.6 Å². The number of para-hydroxylation sites is 1. The van der Waals surface area contributed by atoms with Gasteiger partial charge in [0.25, 0.3) is 11.8 Å². The third-order valence-corrected chi connectivity index (χ3v) is 7.02. The third-order valence-electron chi connectivity index (χ3n) is 7.02. The number of carbonyl (C=O) groups is 3. The molecule has 0 atom stereocenters. The highest BCUT2D eigenvalue weighted by molar-refractivity contribution is 6.06. The number of carboxylic acid groups (broad SMARTS) is 1. The first kappa shape index (κ1) is 30.0. The molecule has 0 radical (unpaired) electrons. The Balaban J connectivity index is 1.64. The number of methoxy groups -OCH3 is 1. The van der Waals surface area contributed by atoms with Crippen LogP contribution in [0.4, 0.5) is 0 Å². The van der Waals surface area contributed by atoms with Crippen LogP contribution in [-0.2, 0) is 17.8 Å². The molecule has 216 valence electrons. The highest BCUT2D eigenvalue weighted by atomic mass is 16.5. The molecule has 4 aromatic rings. The maximum absolute atomic E-state index is 14.0. The van der Waals surface area contributed by atoms with Gasteiger partial charge in [0.15, 0.2) is 0 Å². The summed E-state index contributed by atoms with van der Waals surface area (Å²) in [6, 6.07) is 27.6. The number of aliphatic carboxylic acids is 1. The Morgan fingerprint density at radius 1 is 0.786 bits per heavy atom. The van der Waals surface area contributed by atoms with E-state index in [1.165, 1.54) is 0 Å². The molecular formula is C34H35N3O5. The SMILES string of the molecule is COc1ccccc1CCN(CCC(=O)O)C(=O)c1ccccc1-c1ccccc1C(=O)N(C)Cc1cccc(C)n1.